The van der Waals surface area contributed by atoms with Gasteiger partial charge in [-0.2, -0.15) is 15.1 Å². The molecule has 0 bridgehead atoms. The lowest BCUT2D eigenvalue weighted by Crippen LogP contribution is -2.44. The molecule has 0 saturated carbocycles. The van der Waals surface area contributed by atoms with E-state index in [9.17, 15) is 18.9 Å². The molecular formula is C23H30ClFN7O7P. The number of aliphatic hydroxyl groups excluding tert-OH is 1. The maximum Gasteiger partial charge on any atom is 0.459 e. The zero-order chi connectivity index (χ0) is 29.1. The molecule has 0 aliphatic carbocycles. The summed E-state index contributed by atoms with van der Waals surface area (Å²) in [4.78, 5) is 22.7. The third kappa shape index (κ3) is 5.99. The Morgan fingerprint density at radius 2 is 2.10 bits per heavy atom. The number of ether oxygens (including phenoxy) is 2. The maximum absolute atomic E-state index is 14.4. The van der Waals surface area contributed by atoms with Gasteiger partial charge in [-0.15, -0.1) is 11.6 Å². The normalized spacial score (nSPS) is 24.9. The van der Waals surface area contributed by atoms with Gasteiger partial charge in [0.1, 0.15) is 35.5 Å². The Hall–Kier alpha value is -3.07. The van der Waals surface area contributed by atoms with Crippen LogP contribution in [-0.2, 0) is 23.4 Å². The second-order valence-corrected chi connectivity index (χ2v) is 11.2. The number of fused-ring (bicyclic) bond motifs is 1. The molecule has 1 aliphatic rings. The third-order valence-electron chi connectivity index (χ3n) is 6.06. The van der Waals surface area contributed by atoms with Crippen molar-refractivity contribution in [2.75, 3.05) is 38.0 Å². The summed E-state index contributed by atoms with van der Waals surface area (Å²) in [5.74, 6) is -0.274. The highest BCUT2D eigenvalue weighted by Gasteiger charge is 2.57. The number of nitrogens with zero attached hydrogens (tertiary/aromatic N) is 4. The van der Waals surface area contributed by atoms with E-state index in [-0.39, 0.29) is 24.0 Å². The quantitative estimate of drug-likeness (QED) is 0.135. The molecule has 1 aliphatic heterocycles. The van der Waals surface area contributed by atoms with Gasteiger partial charge in [0.25, 0.3) is 0 Å². The zero-order valence-electron chi connectivity index (χ0n) is 21.9. The van der Waals surface area contributed by atoms with Crippen LogP contribution in [0.4, 0.5) is 16.2 Å². The molecule has 1 aromatic carbocycles. The summed E-state index contributed by atoms with van der Waals surface area (Å²) in [6.45, 7) is 1.37. The predicted molar refractivity (Wildman–Crippen MR) is 144 cm³/mol. The molecule has 5 N–H and O–H groups in total. The number of halogens is 2. The number of hydrogen-bond acceptors (Lipinski definition) is 12. The molecule has 0 spiro atoms. The molecule has 218 valence electrons. The van der Waals surface area contributed by atoms with Crippen LogP contribution in [-0.4, -0.2) is 80.7 Å². The highest BCUT2D eigenvalue weighted by atomic mass is 35.5. The molecule has 1 fully saturated rings. The van der Waals surface area contributed by atoms with Crippen LogP contribution in [0.3, 0.4) is 0 Å². The minimum Gasteiger partial charge on any atom is -0.465 e. The molecule has 0 radical (unpaired) electrons. The molecule has 40 heavy (non-hydrogen) atoms. The molecule has 6 atom stereocenters. The highest BCUT2D eigenvalue weighted by molar-refractivity contribution is 7.52. The summed E-state index contributed by atoms with van der Waals surface area (Å²) < 4.78 is 51.6. The number of alkyl halides is 2. The number of aliphatic hydroxyl groups is 1. The summed E-state index contributed by atoms with van der Waals surface area (Å²) in [5.41, 5.74) is 6.30. The van der Waals surface area contributed by atoms with E-state index in [1.165, 1.54) is 30.0 Å². The van der Waals surface area contributed by atoms with Crippen LogP contribution >= 0.6 is 19.3 Å². The highest BCUT2D eigenvalue weighted by Crippen LogP contribution is 2.49. The van der Waals surface area contributed by atoms with Crippen LogP contribution in [0, 0.1) is 0 Å². The van der Waals surface area contributed by atoms with Crippen LogP contribution in [0.5, 0.6) is 5.75 Å². The van der Waals surface area contributed by atoms with E-state index in [0.29, 0.717) is 11.3 Å². The number of rotatable bonds is 12. The van der Waals surface area contributed by atoms with Crippen molar-refractivity contribution < 1.29 is 37.4 Å². The standard InChI is InChI=1S/C23H30ClFN7O7P/c1-4-36-20(34)13(2)31-40(35,39-14-8-6-5-7-9-14)37-10-15-17(33)23(24,11-25)21(38-15)32-12-28-16-18(27-3)29-22(26)30-19(16)32/h5-9,12-13,15,17,21,33H,4,10-11H2,1-3H3,(H,31,35)(H3,26,27,29,30)/t13-,15+,17+,21+,23+,40-/m0/s1. The SMILES string of the molecule is CCOC(=O)[C@H](C)N[P@](=O)(OC[C@H]1O[C@@H](n2cnc3c(NC)nc(N)nc32)[C@@](Cl)(CF)[C@@H]1O)Oc1ccccc1. The van der Waals surface area contributed by atoms with Crippen molar-refractivity contribution in [2.45, 2.75) is 43.2 Å². The van der Waals surface area contributed by atoms with Crippen molar-refractivity contribution in [3.05, 3.63) is 36.7 Å². The fourth-order valence-electron chi connectivity index (χ4n) is 4.10. The number of aromatic nitrogens is 4. The fourth-order valence-corrected chi connectivity index (χ4v) is 5.90. The van der Waals surface area contributed by atoms with E-state index in [1.807, 2.05) is 0 Å². The van der Waals surface area contributed by atoms with E-state index < -0.39 is 56.3 Å². The lowest BCUT2D eigenvalue weighted by Gasteiger charge is -2.27. The number of nitrogen functional groups attached to an aromatic ring is 1. The summed E-state index contributed by atoms with van der Waals surface area (Å²) in [5, 5.41) is 16.4. The largest absolute Gasteiger partial charge is 0.465 e. The average molecular weight is 602 g/mol. The van der Waals surface area contributed by atoms with Crippen molar-refractivity contribution in [2.24, 2.45) is 0 Å². The number of anilines is 2. The smallest absolute Gasteiger partial charge is 0.459 e. The Bertz CT molecular complexity index is 1390. The number of carbonyl (C=O) groups excluding carboxylic acids is 1. The zero-order valence-corrected chi connectivity index (χ0v) is 23.5. The number of para-hydroxylation sites is 1. The van der Waals surface area contributed by atoms with E-state index in [4.69, 9.17) is 35.9 Å². The number of carbonyl (C=O) groups is 1. The number of nitrogens with two attached hydrogens (primary N) is 1. The summed E-state index contributed by atoms with van der Waals surface area (Å²) in [7, 11) is -2.67. The minimum absolute atomic E-state index is 0.0850. The Balaban J connectivity index is 1.59. The van der Waals surface area contributed by atoms with Crippen LogP contribution in [0.15, 0.2) is 36.7 Å². The number of esters is 1. The third-order valence-corrected chi connectivity index (χ3v) is 8.22. The summed E-state index contributed by atoms with van der Waals surface area (Å²) >= 11 is 6.59. The van der Waals surface area contributed by atoms with Gasteiger partial charge in [0.05, 0.1) is 19.5 Å². The van der Waals surface area contributed by atoms with Gasteiger partial charge in [-0.3, -0.25) is 13.9 Å². The molecule has 3 aromatic rings. The van der Waals surface area contributed by atoms with Crippen LogP contribution < -0.4 is 20.7 Å². The second kappa shape index (κ2) is 12.2. The molecule has 17 heteroatoms. The van der Waals surface area contributed by atoms with Crippen molar-refractivity contribution in [3.63, 3.8) is 0 Å². The Morgan fingerprint density at radius 3 is 2.75 bits per heavy atom. The van der Waals surface area contributed by atoms with Gasteiger partial charge in [-0.25, -0.2) is 13.9 Å². The first kappa shape index (κ1) is 29.9. The molecule has 1 saturated heterocycles. The number of nitrogens with one attached hydrogen (secondary N) is 2. The molecule has 0 unspecified atom stereocenters. The molecule has 14 nitrogen and oxygen atoms in total. The topological polar surface area (TPSA) is 185 Å². The van der Waals surface area contributed by atoms with Gasteiger partial charge in [0.15, 0.2) is 23.2 Å². The lowest BCUT2D eigenvalue weighted by atomic mass is 10.0. The van der Waals surface area contributed by atoms with Gasteiger partial charge >= 0.3 is 13.7 Å². The minimum atomic E-state index is -4.28. The Kier molecular flexibility index (Phi) is 9.12. The molecule has 3 heterocycles. The van der Waals surface area contributed by atoms with Gasteiger partial charge in [-0.05, 0) is 26.0 Å². The van der Waals surface area contributed by atoms with Gasteiger partial charge in [0, 0.05) is 7.05 Å². The van der Waals surface area contributed by atoms with E-state index >= 15 is 0 Å². The first-order chi connectivity index (χ1) is 19.0. The van der Waals surface area contributed by atoms with Crippen molar-refractivity contribution in [1.29, 1.82) is 0 Å². The van der Waals surface area contributed by atoms with E-state index in [1.54, 1.807) is 32.2 Å². The molecule has 0 amide bonds. The van der Waals surface area contributed by atoms with E-state index in [0.717, 1.165) is 0 Å². The number of hydrogen-bond donors (Lipinski definition) is 4. The van der Waals surface area contributed by atoms with Gasteiger partial charge in [-0.1, -0.05) is 18.2 Å². The summed E-state index contributed by atoms with van der Waals surface area (Å²) in [6.07, 6.45) is -2.95. The first-order valence-electron chi connectivity index (χ1n) is 12.2. The molecular weight excluding hydrogens is 572 g/mol. The van der Waals surface area contributed by atoms with Crippen LogP contribution in [0.25, 0.3) is 11.2 Å². The number of imidazole rings is 1. The van der Waals surface area contributed by atoms with Crippen molar-refractivity contribution >= 4 is 48.2 Å². The first-order valence-corrected chi connectivity index (χ1v) is 14.2. The summed E-state index contributed by atoms with van der Waals surface area (Å²) in [6, 6.07) is 7.01. The molecule has 4 rings (SSSR count). The van der Waals surface area contributed by atoms with Crippen LogP contribution in [0.2, 0.25) is 0 Å². The maximum atomic E-state index is 14.4. The van der Waals surface area contributed by atoms with Crippen molar-refractivity contribution in [1.82, 2.24) is 24.6 Å². The monoisotopic (exact) mass is 601 g/mol. The predicted octanol–water partition coefficient (Wildman–Crippen LogP) is 2.40. The Labute approximate surface area is 233 Å². The van der Waals surface area contributed by atoms with Crippen molar-refractivity contribution in [3.8, 4) is 5.75 Å². The fraction of sp³-hybridized carbons (Fsp3) is 0.478. The average Bonchev–Trinajstić information content (AvgIpc) is 3.46. The molecule has 2 aromatic heterocycles. The van der Waals surface area contributed by atoms with E-state index in [2.05, 4.69) is 25.4 Å². The van der Waals surface area contributed by atoms with Gasteiger partial charge in [0.2, 0.25) is 5.95 Å². The van der Waals surface area contributed by atoms with Crippen LogP contribution in [0.1, 0.15) is 20.1 Å². The van der Waals surface area contributed by atoms with Gasteiger partial charge < -0.3 is 30.2 Å². The number of benzene rings is 1. The Morgan fingerprint density at radius 1 is 1.38 bits per heavy atom. The second-order valence-electron chi connectivity index (χ2n) is 8.84. The lowest BCUT2D eigenvalue weighted by molar-refractivity contribution is -0.144.